The first-order valence-electron chi connectivity index (χ1n) is 4.59. The van der Waals surface area contributed by atoms with Gasteiger partial charge in [0.1, 0.15) is 30.8 Å². The molecular weight excluding hydrogens is 224 g/mol. The van der Waals surface area contributed by atoms with Gasteiger partial charge in [-0.3, -0.25) is 4.79 Å². The summed E-state index contributed by atoms with van der Waals surface area (Å²) >= 11 is 0. The number of carbonyl (C=O) groups is 1. The molecule has 0 unspecified atom stereocenters. The van der Waals surface area contributed by atoms with Crippen LogP contribution < -0.4 is 0 Å². The number of hydrogen-bond acceptors (Lipinski definition) is 7. The summed E-state index contributed by atoms with van der Waals surface area (Å²) in [5, 5.41) is 55.0. The molecule has 1 aliphatic heterocycles. The minimum atomic E-state index is -2.53. The zero-order valence-corrected chi connectivity index (χ0v) is 8.22. The summed E-state index contributed by atoms with van der Waals surface area (Å²) in [4.78, 5) is 10.4. The maximum Gasteiger partial charge on any atom is 0.308 e. The van der Waals surface area contributed by atoms with E-state index in [9.17, 15) is 25.2 Å². The molecule has 0 aromatic rings. The summed E-state index contributed by atoms with van der Waals surface area (Å²) in [7, 11) is 0. The lowest BCUT2D eigenvalue weighted by molar-refractivity contribution is -0.349. The van der Waals surface area contributed by atoms with Crippen LogP contribution in [-0.2, 0) is 9.53 Å². The fourth-order valence-electron chi connectivity index (χ4n) is 1.58. The number of aliphatic hydroxyl groups is 5. The van der Waals surface area contributed by atoms with Gasteiger partial charge >= 0.3 is 5.97 Å². The Morgan fingerprint density at radius 3 is 2.25 bits per heavy atom. The molecule has 0 amide bonds. The molecule has 6 N–H and O–H groups in total. The minimum absolute atomic E-state index is 0.729. The van der Waals surface area contributed by atoms with E-state index < -0.39 is 49.2 Å². The standard InChI is InChI=1S/C8H14O8/c9-2-3-5(12)6(13)7(14)8(15,16-3)1-4(10)11/h3,5-7,9,12-15H,1-2H2,(H,10,11)/t3-,5+,6+,7-,8+/m1/s1. The predicted molar refractivity (Wildman–Crippen MR) is 47.2 cm³/mol. The van der Waals surface area contributed by atoms with Crippen LogP contribution in [0.25, 0.3) is 0 Å². The van der Waals surface area contributed by atoms with Gasteiger partial charge in [0.15, 0.2) is 0 Å². The van der Waals surface area contributed by atoms with Crippen LogP contribution in [0.1, 0.15) is 6.42 Å². The monoisotopic (exact) mass is 238 g/mol. The van der Waals surface area contributed by atoms with Gasteiger partial charge in [-0.05, 0) is 0 Å². The molecule has 0 bridgehead atoms. The van der Waals surface area contributed by atoms with Crippen LogP contribution >= 0.6 is 0 Å². The van der Waals surface area contributed by atoms with Crippen LogP contribution in [0.3, 0.4) is 0 Å². The van der Waals surface area contributed by atoms with E-state index in [1.54, 1.807) is 0 Å². The van der Waals surface area contributed by atoms with Crippen molar-refractivity contribution in [2.75, 3.05) is 6.61 Å². The first-order chi connectivity index (χ1) is 7.31. The van der Waals surface area contributed by atoms with E-state index in [1.807, 2.05) is 0 Å². The number of aliphatic carboxylic acids is 1. The highest BCUT2D eigenvalue weighted by Gasteiger charge is 2.53. The quantitative estimate of drug-likeness (QED) is 0.298. The van der Waals surface area contributed by atoms with Crippen molar-refractivity contribution in [2.24, 2.45) is 0 Å². The summed E-state index contributed by atoms with van der Waals surface area (Å²) in [5.74, 6) is -3.99. The second kappa shape index (κ2) is 4.62. The highest BCUT2D eigenvalue weighted by atomic mass is 16.7. The summed E-state index contributed by atoms with van der Waals surface area (Å²) in [6, 6.07) is 0. The van der Waals surface area contributed by atoms with Gasteiger partial charge in [-0.25, -0.2) is 0 Å². The number of aliphatic hydroxyl groups excluding tert-OH is 4. The van der Waals surface area contributed by atoms with Gasteiger partial charge in [-0.2, -0.15) is 0 Å². The molecular formula is C8H14O8. The lowest BCUT2D eigenvalue weighted by Crippen LogP contribution is -2.65. The zero-order valence-electron chi connectivity index (χ0n) is 8.22. The molecule has 0 spiro atoms. The average Bonchev–Trinajstić information content (AvgIpc) is 2.20. The predicted octanol–water partition coefficient (Wildman–Crippen LogP) is -3.38. The maximum absolute atomic E-state index is 10.4. The third kappa shape index (κ3) is 2.32. The average molecular weight is 238 g/mol. The van der Waals surface area contributed by atoms with Crippen molar-refractivity contribution in [3.05, 3.63) is 0 Å². The fraction of sp³-hybridized carbons (Fsp3) is 0.875. The van der Waals surface area contributed by atoms with Crippen LogP contribution in [0.5, 0.6) is 0 Å². The first kappa shape index (κ1) is 13.3. The van der Waals surface area contributed by atoms with E-state index in [0.717, 1.165) is 0 Å². The van der Waals surface area contributed by atoms with Crippen molar-refractivity contribution >= 4 is 5.97 Å². The molecule has 0 aliphatic carbocycles. The van der Waals surface area contributed by atoms with Crippen molar-refractivity contribution < 1.29 is 40.2 Å². The molecule has 8 nitrogen and oxygen atoms in total. The maximum atomic E-state index is 10.4. The molecule has 1 rings (SSSR count). The topological polar surface area (TPSA) is 148 Å². The van der Waals surface area contributed by atoms with Crippen molar-refractivity contribution in [1.29, 1.82) is 0 Å². The van der Waals surface area contributed by atoms with Gasteiger partial charge in [-0.1, -0.05) is 0 Å². The Morgan fingerprint density at radius 1 is 1.25 bits per heavy atom. The molecule has 5 atom stereocenters. The Hall–Kier alpha value is -0.770. The largest absolute Gasteiger partial charge is 0.481 e. The smallest absolute Gasteiger partial charge is 0.308 e. The third-order valence-corrected chi connectivity index (χ3v) is 2.46. The van der Waals surface area contributed by atoms with Crippen LogP contribution in [0.15, 0.2) is 0 Å². The number of carboxylic acid groups (broad SMARTS) is 1. The minimum Gasteiger partial charge on any atom is -0.481 e. The molecule has 0 radical (unpaired) electrons. The van der Waals surface area contributed by atoms with Crippen molar-refractivity contribution in [3.63, 3.8) is 0 Å². The Morgan fingerprint density at radius 2 is 1.81 bits per heavy atom. The van der Waals surface area contributed by atoms with Gasteiger partial charge in [0.25, 0.3) is 0 Å². The van der Waals surface area contributed by atoms with E-state index in [0.29, 0.717) is 0 Å². The molecule has 94 valence electrons. The Balaban J connectivity index is 2.89. The fourth-order valence-corrected chi connectivity index (χ4v) is 1.58. The normalized spacial score (nSPS) is 44.3. The number of hydrogen-bond donors (Lipinski definition) is 6. The second-order valence-corrected chi connectivity index (χ2v) is 3.68. The van der Waals surface area contributed by atoms with Gasteiger partial charge in [0.05, 0.1) is 6.61 Å². The second-order valence-electron chi connectivity index (χ2n) is 3.68. The molecule has 1 aliphatic rings. The van der Waals surface area contributed by atoms with E-state index >= 15 is 0 Å². The Kier molecular flexibility index (Phi) is 3.84. The first-order valence-corrected chi connectivity index (χ1v) is 4.59. The van der Waals surface area contributed by atoms with Crippen LogP contribution in [0, 0.1) is 0 Å². The van der Waals surface area contributed by atoms with Gasteiger partial charge in [0.2, 0.25) is 5.79 Å². The number of ether oxygens (including phenoxy) is 1. The van der Waals surface area contributed by atoms with Gasteiger partial charge in [0, 0.05) is 0 Å². The van der Waals surface area contributed by atoms with Crippen LogP contribution in [0.2, 0.25) is 0 Å². The van der Waals surface area contributed by atoms with Crippen molar-refractivity contribution in [2.45, 2.75) is 36.6 Å². The molecule has 0 aromatic heterocycles. The van der Waals surface area contributed by atoms with Crippen LogP contribution in [0.4, 0.5) is 0 Å². The lowest BCUT2D eigenvalue weighted by atomic mass is 9.91. The number of rotatable bonds is 3. The van der Waals surface area contributed by atoms with Crippen molar-refractivity contribution in [3.8, 4) is 0 Å². The van der Waals surface area contributed by atoms with E-state index in [4.69, 9.17) is 14.9 Å². The molecule has 1 fully saturated rings. The van der Waals surface area contributed by atoms with E-state index in [-0.39, 0.29) is 0 Å². The summed E-state index contributed by atoms with van der Waals surface area (Å²) in [6.45, 7) is -0.729. The third-order valence-electron chi connectivity index (χ3n) is 2.46. The Bertz CT molecular complexity index is 267. The van der Waals surface area contributed by atoms with Gasteiger partial charge in [-0.15, -0.1) is 0 Å². The van der Waals surface area contributed by atoms with E-state index in [1.165, 1.54) is 0 Å². The highest BCUT2D eigenvalue weighted by Crippen LogP contribution is 2.30. The van der Waals surface area contributed by atoms with Crippen molar-refractivity contribution in [1.82, 2.24) is 0 Å². The lowest BCUT2D eigenvalue weighted by Gasteiger charge is -2.44. The summed E-state index contributed by atoms with van der Waals surface area (Å²) in [6.07, 6.45) is -7.71. The molecule has 8 heteroatoms. The number of carboxylic acids is 1. The molecule has 0 saturated carbocycles. The summed E-state index contributed by atoms with van der Waals surface area (Å²) < 4.78 is 4.69. The van der Waals surface area contributed by atoms with E-state index in [2.05, 4.69) is 0 Å². The molecule has 1 saturated heterocycles. The Labute approximate surface area is 90.3 Å². The molecule has 16 heavy (non-hydrogen) atoms. The molecule has 0 aromatic carbocycles. The van der Waals surface area contributed by atoms with Crippen LogP contribution in [-0.4, -0.2) is 73.4 Å². The summed E-state index contributed by atoms with van der Waals surface area (Å²) in [5.41, 5.74) is 0. The SMILES string of the molecule is O=C(O)C[C@]1(O)O[C@H](CO)[C@H](O)[C@H](O)[C@H]1O. The highest BCUT2D eigenvalue weighted by molar-refractivity contribution is 5.68. The van der Waals surface area contributed by atoms with Gasteiger partial charge < -0.3 is 35.4 Å². The zero-order chi connectivity index (χ0) is 12.5. The molecule has 1 heterocycles.